The fraction of sp³-hybridized carbons (Fsp3) is 0.500. The molecule has 13 heavy (non-hydrogen) atoms. The molecule has 1 aromatic rings. The molecule has 0 amide bonds. The van der Waals surface area contributed by atoms with Gasteiger partial charge in [0.1, 0.15) is 0 Å². The van der Waals surface area contributed by atoms with Gasteiger partial charge in [-0.3, -0.25) is 0 Å². The number of hydrogen-bond donors (Lipinski definition) is 1. The maximum Gasteiger partial charge on any atom is 0.340 e. The van der Waals surface area contributed by atoms with Gasteiger partial charge in [-0.2, -0.15) is 0 Å². The molecule has 3 nitrogen and oxygen atoms in total. The molecule has 0 atom stereocenters. The van der Waals surface area contributed by atoms with Gasteiger partial charge in [-0.25, -0.2) is 4.79 Å². The molecule has 0 aliphatic carbocycles. The average molecular weight is 181 g/mol. The van der Waals surface area contributed by atoms with Crippen molar-refractivity contribution in [1.82, 2.24) is 4.98 Å². The minimum Gasteiger partial charge on any atom is -0.462 e. The Bertz CT molecular complexity index is 326. The van der Waals surface area contributed by atoms with E-state index in [1.54, 1.807) is 0 Å². The summed E-state index contributed by atoms with van der Waals surface area (Å²) in [5, 5.41) is 0. The largest absolute Gasteiger partial charge is 0.462 e. The van der Waals surface area contributed by atoms with Gasteiger partial charge in [0.2, 0.25) is 0 Å². The quantitative estimate of drug-likeness (QED) is 0.710. The Morgan fingerprint density at radius 3 is 2.31 bits per heavy atom. The smallest absolute Gasteiger partial charge is 0.340 e. The summed E-state index contributed by atoms with van der Waals surface area (Å²) >= 11 is 0. The predicted octanol–water partition coefficient (Wildman–Crippen LogP) is 2.12. The Hall–Kier alpha value is -1.25. The molecule has 1 heterocycles. The number of hydrogen-bond acceptors (Lipinski definition) is 2. The zero-order valence-electron chi connectivity index (χ0n) is 8.52. The zero-order chi connectivity index (χ0) is 10.0. The Morgan fingerprint density at radius 2 is 1.92 bits per heavy atom. The van der Waals surface area contributed by atoms with Crippen molar-refractivity contribution < 1.29 is 9.53 Å². The standard InChI is InChI=1S/C10H15NO2/c1-5-13-10(12)9-6(2)7(3)11-8(9)4/h11H,5H2,1-4H3. The first-order valence-electron chi connectivity index (χ1n) is 4.40. The van der Waals surface area contributed by atoms with Gasteiger partial charge in [0, 0.05) is 11.4 Å². The molecule has 0 spiro atoms. The molecule has 0 saturated heterocycles. The third kappa shape index (κ3) is 1.74. The Labute approximate surface area is 78.1 Å². The van der Waals surface area contributed by atoms with Gasteiger partial charge < -0.3 is 9.72 Å². The molecule has 0 aliphatic rings. The second kappa shape index (κ2) is 3.64. The molecular formula is C10H15NO2. The normalized spacial score (nSPS) is 10.2. The first kappa shape index (κ1) is 9.84. The van der Waals surface area contributed by atoms with E-state index in [1.807, 2.05) is 27.7 Å². The van der Waals surface area contributed by atoms with Crippen LogP contribution >= 0.6 is 0 Å². The van der Waals surface area contributed by atoms with Crippen molar-refractivity contribution in [3.8, 4) is 0 Å². The number of ether oxygens (including phenoxy) is 1. The molecule has 0 radical (unpaired) electrons. The van der Waals surface area contributed by atoms with Gasteiger partial charge in [0.05, 0.1) is 12.2 Å². The monoisotopic (exact) mass is 181 g/mol. The topological polar surface area (TPSA) is 42.1 Å². The maximum absolute atomic E-state index is 11.5. The predicted molar refractivity (Wildman–Crippen MR) is 51.0 cm³/mol. The van der Waals surface area contributed by atoms with E-state index in [2.05, 4.69) is 4.98 Å². The summed E-state index contributed by atoms with van der Waals surface area (Å²) in [6, 6.07) is 0. The Kier molecular flexibility index (Phi) is 2.76. The van der Waals surface area contributed by atoms with Crippen molar-refractivity contribution in [3.63, 3.8) is 0 Å². The molecule has 0 bridgehead atoms. The first-order valence-corrected chi connectivity index (χ1v) is 4.40. The number of nitrogens with one attached hydrogen (secondary N) is 1. The van der Waals surface area contributed by atoms with Crippen molar-refractivity contribution in [2.75, 3.05) is 6.61 Å². The highest BCUT2D eigenvalue weighted by molar-refractivity contribution is 5.92. The third-order valence-electron chi connectivity index (χ3n) is 2.17. The van der Waals surface area contributed by atoms with E-state index in [1.165, 1.54) is 0 Å². The second-order valence-electron chi connectivity index (χ2n) is 3.10. The number of rotatable bonds is 2. The fourth-order valence-electron chi connectivity index (χ4n) is 1.42. The SMILES string of the molecule is CCOC(=O)c1c(C)[nH]c(C)c1C. The van der Waals surface area contributed by atoms with Crippen LogP contribution in [0.5, 0.6) is 0 Å². The van der Waals surface area contributed by atoms with Crippen LogP contribution in [0.1, 0.15) is 34.2 Å². The average Bonchev–Trinajstić information content (AvgIpc) is 2.27. The number of aromatic amines is 1. The van der Waals surface area contributed by atoms with E-state index in [0.29, 0.717) is 12.2 Å². The van der Waals surface area contributed by atoms with E-state index in [0.717, 1.165) is 17.0 Å². The van der Waals surface area contributed by atoms with Crippen LogP contribution in [0, 0.1) is 20.8 Å². The molecule has 3 heteroatoms. The van der Waals surface area contributed by atoms with Gasteiger partial charge in [0.25, 0.3) is 0 Å². The zero-order valence-corrected chi connectivity index (χ0v) is 8.52. The second-order valence-corrected chi connectivity index (χ2v) is 3.10. The lowest BCUT2D eigenvalue weighted by atomic mass is 10.1. The van der Waals surface area contributed by atoms with Gasteiger partial charge in [-0.05, 0) is 33.3 Å². The number of esters is 1. The van der Waals surface area contributed by atoms with E-state index in [-0.39, 0.29) is 5.97 Å². The van der Waals surface area contributed by atoms with Gasteiger partial charge in [0.15, 0.2) is 0 Å². The van der Waals surface area contributed by atoms with Crippen LogP contribution in [-0.2, 0) is 4.74 Å². The van der Waals surface area contributed by atoms with Crippen LogP contribution < -0.4 is 0 Å². The lowest BCUT2D eigenvalue weighted by molar-refractivity contribution is 0.0525. The molecule has 0 unspecified atom stereocenters. The lowest BCUT2D eigenvalue weighted by Gasteiger charge is -2.01. The minimum absolute atomic E-state index is 0.234. The maximum atomic E-state index is 11.5. The number of carbonyl (C=O) groups excluding carboxylic acids is 1. The summed E-state index contributed by atoms with van der Waals surface area (Å²) in [4.78, 5) is 14.6. The number of H-pyrrole nitrogens is 1. The van der Waals surface area contributed by atoms with Crippen LogP contribution in [-0.4, -0.2) is 17.6 Å². The molecule has 1 N–H and O–H groups in total. The van der Waals surface area contributed by atoms with Crippen LogP contribution in [0.25, 0.3) is 0 Å². The highest BCUT2D eigenvalue weighted by Gasteiger charge is 2.16. The van der Waals surface area contributed by atoms with Gasteiger partial charge >= 0.3 is 5.97 Å². The van der Waals surface area contributed by atoms with Crippen LogP contribution in [0.15, 0.2) is 0 Å². The Morgan fingerprint density at radius 1 is 1.31 bits per heavy atom. The molecule has 0 fully saturated rings. The molecule has 72 valence electrons. The summed E-state index contributed by atoms with van der Waals surface area (Å²) < 4.78 is 4.94. The summed E-state index contributed by atoms with van der Waals surface area (Å²) in [5.74, 6) is -0.234. The van der Waals surface area contributed by atoms with E-state index in [9.17, 15) is 4.79 Å². The fourth-order valence-corrected chi connectivity index (χ4v) is 1.42. The molecular weight excluding hydrogens is 166 g/mol. The van der Waals surface area contributed by atoms with Crippen molar-refractivity contribution in [2.45, 2.75) is 27.7 Å². The third-order valence-corrected chi connectivity index (χ3v) is 2.17. The number of aryl methyl sites for hydroxylation is 2. The Balaban J connectivity index is 3.06. The van der Waals surface area contributed by atoms with E-state index >= 15 is 0 Å². The molecule has 1 rings (SSSR count). The summed E-state index contributed by atoms with van der Waals surface area (Å²) in [6.07, 6.45) is 0. The van der Waals surface area contributed by atoms with Crippen LogP contribution in [0.4, 0.5) is 0 Å². The van der Waals surface area contributed by atoms with Gasteiger partial charge in [-0.15, -0.1) is 0 Å². The summed E-state index contributed by atoms with van der Waals surface area (Å²) in [7, 11) is 0. The molecule has 0 aromatic carbocycles. The minimum atomic E-state index is -0.234. The van der Waals surface area contributed by atoms with Gasteiger partial charge in [-0.1, -0.05) is 0 Å². The van der Waals surface area contributed by atoms with Crippen molar-refractivity contribution >= 4 is 5.97 Å². The first-order chi connectivity index (χ1) is 6.07. The van der Waals surface area contributed by atoms with E-state index in [4.69, 9.17) is 4.74 Å². The number of aromatic nitrogens is 1. The summed E-state index contributed by atoms with van der Waals surface area (Å²) in [5.41, 5.74) is 3.57. The van der Waals surface area contributed by atoms with E-state index < -0.39 is 0 Å². The van der Waals surface area contributed by atoms with Crippen molar-refractivity contribution in [3.05, 3.63) is 22.5 Å². The number of carbonyl (C=O) groups is 1. The molecule has 0 aliphatic heterocycles. The summed E-state index contributed by atoms with van der Waals surface area (Å²) in [6.45, 7) is 7.98. The van der Waals surface area contributed by atoms with Crippen LogP contribution in [0.3, 0.4) is 0 Å². The lowest BCUT2D eigenvalue weighted by Crippen LogP contribution is -2.06. The molecule has 1 aromatic heterocycles. The highest BCUT2D eigenvalue weighted by Crippen LogP contribution is 2.17. The van der Waals surface area contributed by atoms with Crippen LogP contribution in [0.2, 0.25) is 0 Å². The highest BCUT2D eigenvalue weighted by atomic mass is 16.5. The van der Waals surface area contributed by atoms with Crippen molar-refractivity contribution in [2.24, 2.45) is 0 Å². The molecule has 0 saturated carbocycles. The van der Waals surface area contributed by atoms with Crippen molar-refractivity contribution in [1.29, 1.82) is 0 Å².